The predicted octanol–water partition coefficient (Wildman–Crippen LogP) is 2.18. The summed E-state index contributed by atoms with van der Waals surface area (Å²) in [5.74, 6) is 6.32. The highest BCUT2D eigenvalue weighted by atomic mass is 16.6. The summed E-state index contributed by atoms with van der Waals surface area (Å²) in [7, 11) is 1.92. The summed E-state index contributed by atoms with van der Waals surface area (Å²) in [6.07, 6.45) is 0. The third-order valence-electron chi connectivity index (χ3n) is 3.54. The van der Waals surface area contributed by atoms with Gasteiger partial charge in [-0.3, -0.25) is 0 Å². The average Bonchev–Trinajstić information content (AvgIpc) is 2.46. The van der Waals surface area contributed by atoms with Gasteiger partial charge in [0.1, 0.15) is 6.54 Å². The van der Waals surface area contributed by atoms with Gasteiger partial charge in [-0.15, -0.1) is 0 Å². The zero-order valence-corrected chi connectivity index (χ0v) is 11.9. The molecule has 1 atom stereocenters. The Bertz CT molecular complexity index is 667. The van der Waals surface area contributed by atoms with Crippen LogP contribution >= 0.6 is 0 Å². The quantitative estimate of drug-likeness (QED) is 0.521. The number of quaternary nitrogens is 1. The zero-order chi connectivity index (χ0) is 14.9. The number of amidine groups is 1. The van der Waals surface area contributed by atoms with Gasteiger partial charge in [-0.1, -0.05) is 54.6 Å². The molecule has 0 radical (unpaired) electrons. The molecule has 0 bridgehead atoms. The molecule has 21 heavy (non-hydrogen) atoms. The molecule has 1 aliphatic heterocycles. The van der Waals surface area contributed by atoms with Crippen LogP contribution < -0.4 is 5.84 Å². The molecule has 1 aliphatic rings. The van der Waals surface area contributed by atoms with Crippen LogP contribution in [0.25, 0.3) is 0 Å². The number of nitrogens with two attached hydrogens (primary N) is 1. The van der Waals surface area contributed by atoms with Crippen LogP contribution in [0.15, 0.2) is 59.7 Å². The van der Waals surface area contributed by atoms with Crippen LogP contribution in [-0.2, 0) is 13.1 Å². The topological polar surface area (TPSA) is 64.7 Å². The summed E-state index contributed by atoms with van der Waals surface area (Å²) in [6, 6.07) is 17.8. The molecule has 1 heterocycles. The summed E-state index contributed by atoms with van der Waals surface area (Å²) in [4.78, 5) is 0.858. The normalized spacial score (nSPS) is 20.6. The van der Waals surface area contributed by atoms with Gasteiger partial charge in [-0.2, -0.15) is 10.7 Å². The Morgan fingerprint density at radius 2 is 1.81 bits per heavy atom. The minimum Gasteiger partial charge on any atom is -0.584 e. The zero-order valence-electron chi connectivity index (χ0n) is 11.9. The first kappa shape index (κ1) is 13.8. The molecular weight excluding hydrogens is 264 g/mol. The van der Waals surface area contributed by atoms with E-state index in [9.17, 15) is 5.21 Å². The second-order valence-corrected chi connectivity index (χ2v) is 5.34. The van der Waals surface area contributed by atoms with Crippen molar-refractivity contribution in [3.05, 3.63) is 76.5 Å². The lowest BCUT2D eigenvalue weighted by molar-refractivity contribution is -0.913. The Labute approximate surface area is 124 Å². The minimum absolute atomic E-state index is 0.166. The largest absolute Gasteiger partial charge is 0.584 e. The highest BCUT2D eigenvalue weighted by Gasteiger charge is 2.27. The van der Waals surface area contributed by atoms with Crippen molar-refractivity contribution in [3.8, 4) is 0 Å². The Kier molecular flexibility index (Phi) is 3.47. The van der Waals surface area contributed by atoms with Crippen LogP contribution in [0.5, 0.6) is 0 Å². The smallest absolute Gasteiger partial charge is 0.195 e. The Balaban J connectivity index is 1.94. The maximum absolute atomic E-state index is 12.2. The first-order valence-electron chi connectivity index (χ1n) is 6.86. The molecule has 5 nitrogen and oxygen atoms in total. The van der Waals surface area contributed by atoms with Gasteiger partial charge in [0.15, 0.2) is 5.84 Å². The van der Waals surface area contributed by atoms with E-state index in [1.165, 1.54) is 0 Å². The van der Waals surface area contributed by atoms with Gasteiger partial charge in [0.2, 0.25) is 0 Å². The molecule has 108 valence electrons. The van der Waals surface area contributed by atoms with E-state index in [0.717, 1.165) is 16.7 Å². The summed E-state index contributed by atoms with van der Waals surface area (Å²) in [5, 5.41) is 16.3. The van der Waals surface area contributed by atoms with E-state index in [2.05, 4.69) is 5.10 Å². The number of hydroxylamine groups is 1. The fourth-order valence-electron chi connectivity index (χ4n) is 2.58. The Morgan fingerprint density at radius 3 is 2.57 bits per heavy atom. The van der Waals surface area contributed by atoms with Crippen molar-refractivity contribution in [1.29, 1.82) is 0 Å². The van der Waals surface area contributed by atoms with Crippen LogP contribution in [0.2, 0.25) is 0 Å². The van der Waals surface area contributed by atoms with Gasteiger partial charge in [0.25, 0.3) is 0 Å². The van der Waals surface area contributed by atoms with E-state index in [1.54, 1.807) is 0 Å². The van der Waals surface area contributed by atoms with Crippen LogP contribution in [-0.4, -0.2) is 22.6 Å². The van der Waals surface area contributed by atoms with E-state index in [1.807, 2.05) is 66.5 Å². The first-order valence-corrected chi connectivity index (χ1v) is 6.86. The Hall–Kier alpha value is -2.21. The molecule has 5 heteroatoms. The van der Waals surface area contributed by atoms with Gasteiger partial charge >= 0.3 is 0 Å². The van der Waals surface area contributed by atoms with E-state index in [0.29, 0.717) is 12.4 Å². The number of fused-ring (bicyclic) bond motifs is 1. The molecule has 2 aromatic rings. The highest BCUT2D eigenvalue weighted by Crippen LogP contribution is 2.23. The molecule has 0 aromatic heterocycles. The molecule has 3 rings (SSSR count). The standard InChI is InChI=1S/C16H18N4O/c1-19(11-13-7-3-2-4-8-13)16-15-10-6-5-9-14(15)12-20(17,21)18-16/h2-10H,11-12,17H2,1H3. The third kappa shape index (κ3) is 2.95. The van der Waals surface area contributed by atoms with Crippen molar-refractivity contribution in [1.82, 2.24) is 4.90 Å². The lowest BCUT2D eigenvalue weighted by Crippen LogP contribution is -2.48. The number of hydrogen-bond donors (Lipinski definition) is 1. The van der Waals surface area contributed by atoms with Gasteiger partial charge in [0.05, 0.1) is 0 Å². The van der Waals surface area contributed by atoms with Crippen LogP contribution in [0.4, 0.5) is 0 Å². The highest BCUT2D eigenvalue weighted by molar-refractivity contribution is 5.99. The van der Waals surface area contributed by atoms with E-state index in [4.69, 9.17) is 5.84 Å². The number of rotatable bonds is 2. The number of hydrogen-bond acceptors (Lipinski definition) is 4. The molecule has 0 saturated heterocycles. The second-order valence-electron chi connectivity index (χ2n) is 5.34. The molecular formula is C16H18N4O. The predicted molar refractivity (Wildman–Crippen MR) is 82.4 cm³/mol. The van der Waals surface area contributed by atoms with Gasteiger partial charge in [-0.05, 0) is 10.7 Å². The molecule has 0 aliphatic carbocycles. The van der Waals surface area contributed by atoms with Crippen LogP contribution in [0, 0.1) is 5.21 Å². The number of nitrogens with zero attached hydrogens (tertiary/aromatic N) is 3. The maximum Gasteiger partial charge on any atom is 0.195 e. The van der Waals surface area contributed by atoms with Crippen LogP contribution in [0.1, 0.15) is 16.7 Å². The summed E-state index contributed by atoms with van der Waals surface area (Å²) < 4.78 is 0. The third-order valence-corrected chi connectivity index (χ3v) is 3.54. The second kappa shape index (κ2) is 5.29. The van der Waals surface area contributed by atoms with Crippen molar-refractivity contribution >= 4 is 5.84 Å². The van der Waals surface area contributed by atoms with Crippen molar-refractivity contribution in [2.24, 2.45) is 10.9 Å². The lowest BCUT2D eigenvalue weighted by atomic mass is 10.0. The van der Waals surface area contributed by atoms with Crippen molar-refractivity contribution in [3.63, 3.8) is 0 Å². The molecule has 1 unspecified atom stereocenters. The number of benzene rings is 2. The molecule has 0 saturated carbocycles. The van der Waals surface area contributed by atoms with Gasteiger partial charge in [0, 0.05) is 24.7 Å². The van der Waals surface area contributed by atoms with Crippen molar-refractivity contribution in [2.45, 2.75) is 13.1 Å². The summed E-state index contributed by atoms with van der Waals surface area (Å²) in [6.45, 7) is 0.840. The molecule has 0 spiro atoms. The average molecular weight is 282 g/mol. The fraction of sp³-hybridized carbons (Fsp3) is 0.188. The van der Waals surface area contributed by atoms with Gasteiger partial charge in [-0.25, -0.2) is 0 Å². The van der Waals surface area contributed by atoms with Crippen molar-refractivity contribution < 1.29 is 4.86 Å². The van der Waals surface area contributed by atoms with E-state index in [-0.39, 0.29) is 6.54 Å². The molecule has 0 fully saturated rings. The van der Waals surface area contributed by atoms with E-state index >= 15 is 0 Å². The first-order chi connectivity index (χ1) is 10.1. The fourth-order valence-corrected chi connectivity index (χ4v) is 2.58. The SMILES string of the molecule is CN(Cc1ccccc1)C1=N[N+](N)([O-])Cc2ccccc21. The maximum atomic E-state index is 12.2. The van der Waals surface area contributed by atoms with Crippen molar-refractivity contribution in [2.75, 3.05) is 7.05 Å². The summed E-state index contributed by atoms with van der Waals surface area (Å²) in [5.41, 5.74) is 3.07. The monoisotopic (exact) mass is 282 g/mol. The van der Waals surface area contributed by atoms with Crippen LogP contribution in [0.3, 0.4) is 0 Å². The summed E-state index contributed by atoms with van der Waals surface area (Å²) >= 11 is 0. The Morgan fingerprint density at radius 1 is 1.14 bits per heavy atom. The minimum atomic E-state index is -1.11. The lowest BCUT2D eigenvalue weighted by Gasteiger charge is -2.36. The molecule has 0 amide bonds. The van der Waals surface area contributed by atoms with Gasteiger partial charge < -0.3 is 10.1 Å². The molecule has 2 aromatic carbocycles. The molecule has 2 N–H and O–H groups in total. The van der Waals surface area contributed by atoms with E-state index < -0.39 is 4.86 Å².